The molecular formula is C19H24BrNO4. The number of halogens is 1. The van der Waals surface area contributed by atoms with Crippen molar-refractivity contribution in [1.82, 2.24) is 5.32 Å². The molecule has 2 aromatic rings. The van der Waals surface area contributed by atoms with E-state index in [1.165, 1.54) is 0 Å². The SMILES string of the molecule is CCOc1ccccc1OCCOc1c(Br)cc(CNC)cc1OC. The molecule has 0 unspecified atom stereocenters. The van der Waals surface area contributed by atoms with Crippen molar-refractivity contribution in [3.63, 3.8) is 0 Å². The Balaban J connectivity index is 1.96. The van der Waals surface area contributed by atoms with Crippen LogP contribution in [-0.4, -0.2) is 34.0 Å². The van der Waals surface area contributed by atoms with Gasteiger partial charge in [0.05, 0.1) is 18.2 Å². The Hall–Kier alpha value is -1.92. The second-order valence-corrected chi connectivity index (χ2v) is 6.07. The van der Waals surface area contributed by atoms with E-state index in [2.05, 4.69) is 21.2 Å². The first-order valence-electron chi connectivity index (χ1n) is 8.18. The number of nitrogens with one attached hydrogen (secondary N) is 1. The van der Waals surface area contributed by atoms with Gasteiger partial charge in [-0.2, -0.15) is 0 Å². The van der Waals surface area contributed by atoms with Crippen LogP contribution in [0.4, 0.5) is 0 Å². The Bertz CT molecular complexity index is 678. The highest BCUT2D eigenvalue weighted by Gasteiger charge is 2.12. The Morgan fingerprint density at radius 3 is 2.28 bits per heavy atom. The molecule has 0 atom stereocenters. The zero-order valence-corrected chi connectivity index (χ0v) is 16.4. The highest BCUT2D eigenvalue weighted by molar-refractivity contribution is 9.10. The lowest BCUT2D eigenvalue weighted by molar-refractivity contribution is 0.203. The Morgan fingerprint density at radius 2 is 1.64 bits per heavy atom. The summed E-state index contributed by atoms with van der Waals surface area (Å²) in [5.74, 6) is 2.81. The fraction of sp³-hybridized carbons (Fsp3) is 0.368. The van der Waals surface area contributed by atoms with Crippen LogP contribution in [0, 0.1) is 0 Å². The lowest BCUT2D eigenvalue weighted by Gasteiger charge is -2.15. The van der Waals surface area contributed by atoms with Crippen LogP contribution in [0.25, 0.3) is 0 Å². The molecule has 0 heterocycles. The van der Waals surface area contributed by atoms with Gasteiger partial charge in [-0.25, -0.2) is 0 Å². The molecule has 0 aliphatic rings. The van der Waals surface area contributed by atoms with E-state index in [0.29, 0.717) is 37.1 Å². The molecule has 0 bridgehead atoms. The maximum atomic E-state index is 5.86. The minimum Gasteiger partial charge on any atom is -0.493 e. The second-order valence-electron chi connectivity index (χ2n) is 5.22. The van der Waals surface area contributed by atoms with Crippen LogP contribution in [0.1, 0.15) is 12.5 Å². The fourth-order valence-corrected chi connectivity index (χ4v) is 2.96. The van der Waals surface area contributed by atoms with Gasteiger partial charge in [0.2, 0.25) is 0 Å². The van der Waals surface area contributed by atoms with Gasteiger partial charge in [0, 0.05) is 6.54 Å². The van der Waals surface area contributed by atoms with Gasteiger partial charge in [-0.15, -0.1) is 0 Å². The van der Waals surface area contributed by atoms with E-state index in [4.69, 9.17) is 18.9 Å². The molecule has 2 rings (SSSR count). The molecule has 0 fully saturated rings. The maximum Gasteiger partial charge on any atom is 0.175 e. The number of ether oxygens (including phenoxy) is 4. The van der Waals surface area contributed by atoms with E-state index >= 15 is 0 Å². The van der Waals surface area contributed by atoms with Crippen molar-refractivity contribution in [3.8, 4) is 23.0 Å². The molecule has 0 radical (unpaired) electrons. The molecule has 5 nitrogen and oxygen atoms in total. The van der Waals surface area contributed by atoms with Crippen molar-refractivity contribution in [1.29, 1.82) is 0 Å². The lowest BCUT2D eigenvalue weighted by atomic mass is 10.2. The standard InChI is InChI=1S/C19H24BrNO4/c1-4-23-16-7-5-6-8-17(16)24-9-10-25-19-15(20)11-14(13-21-2)12-18(19)22-3/h5-8,11-12,21H,4,9-10,13H2,1-3H3. The summed E-state index contributed by atoms with van der Waals surface area (Å²) < 4.78 is 23.5. The predicted octanol–water partition coefficient (Wildman–Crippen LogP) is 4.03. The quantitative estimate of drug-likeness (QED) is 0.600. The molecule has 1 N–H and O–H groups in total. The Labute approximate surface area is 157 Å². The zero-order valence-electron chi connectivity index (χ0n) is 14.8. The molecule has 6 heteroatoms. The van der Waals surface area contributed by atoms with Crippen molar-refractivity contribution in [2.75, 3.05) is 34.0 Å². The summed E-state index contributed by atoms with van der Waals surface area (Å²) in [5.41, 5.74) is 1.11. The van der Waals surface area contributed by atoms with Gasteiger partial charge in [-0.05, 0) is 59.7 Å². The third kappa shape index (κ3) is 5.54. The van der Waals surface area contributed by atoms with Crippen molar-refractivity contribution in [3.05, 3.63) is 46.4 Å². The van der Waals surface area contributed by atoms with Gasteiger partial charge in [0.15, 0.2) is 23.0 Å². The molecule has 0 aliphatic heterocycles. The minimum absolute atomic E-state index is 0.390. The smallest absolute Gasteiger partial charge is 0.175 e. The summed E-state index contributed by atoms with van der Waals surface area (Å²) in [6, 6.07) is 11.6. The van der Waals surface area contributed by atoms with Gasteiger partial charge in [-0.1, -0.05) is 12.1 Å². The van der Waals surface area contributed by atoms with Crippen molar-refractivity contribution < 1.29 is 18.9 Å². The largest absolute Gasteiger partial charge is 0.493 e. The number of hydrogen-bond acceptors (Lipinski definition) is 5. The molecule has 0 saturated carbocycles. The summed E-state index contributed by atoms with van der Waals surface area (Å²) in [6.45, 7) is 4.09. The summed E-state index contributed by atoms with van der Waals surface area (Å²) >= 11 is 3.54. The summed E-state index contributed by atoms with van der Waals surface area (Å²) in [5, 5.41) is 3.12. The van der Waals surface area contributed by atoms with Crippen LogP contribution in [-0.2, 0) is 6.54 Å². The summed E-state index contributed by atoms with van der Waals surface area (Å²) in [7, 11) is 3.54. The first-order valence-corrected chi connectivity index (χ1v) is 8.97. The maximum absolute atomic E-state index is 5.86. The van der Waals surface area contributed by atoms with Crippen LogP contribution < -0.4 is 24.3 Å². The third-order valence-electron chi connectivity index (χ3n) is 3.41. The van der Waals surface area contributed by atoms with Gasteiger partial charge >= 0.3 is 0 Å². The molecule has 136 valence electrons. The molecule has 0 aromatic heterocycles. The van der Waals surface area contributed by atoms with Gasteiger partial charge < -0.3 is 24.3 Å². The van der Waals surface area contributed by atoms with E-state index in [1.807, 2.05) is 50.4 Å². The molecule has 0 amide bonds. The van der Waals surface area contributed by atoms with E-state index in [9.17, 15) is 0 Å². The zero-order chi connectivity index (χ0) is 18.1. The van der Waals surface area contributed by atoms with Crippen LogP contribution in [0.15, 0.2) is 40.9 Å². The predicted molar refractivity (Wildman–Crippen MR) is 102 cm³/mol. The minimum atomic E-state index is 0.390. The van der Waals surface area contributed by atoms with Crippen LogP contribution in [0.3, 0.4) is 0 Å². The molecule has 0 saturated heterocycles. The number of rotatable bonds is 10. The molecule has 0 spiro atoms. The van der Waals surface area contributed by atoms with Crippen molar-refractivity contribution in [2.45, 2.75) is 13.5 Å². The van der Waals surface area contributed by atoms with Crippen LogP contribution in [0.5, 0.6) is 23.0 Å². The molecule has 2 aromatic carbocycles. The second kappa shape index (κ2) is 10.2. The molecule has 25 heavy (non-hydrogen) atoms. The number of methoxy groups -OCH3 is 1. The van der Waals surface area contributed by atoms with E-state index < -0.39 is 0 Å². The monoisotopic (exact) mass is 409 g/mol. The average molecular weight is 410 g/mol. The van der Waals surface area contributed by atoms with Crippen molar-refractivity contribution >= 4 is 15.9 Å². The van der Waals surface area contributed by atoms with Crippen molar-refractivity contribution in [2.24, 2.45) is 0 Å². The Morgan fingerprint density at radius 1 is 0.960 bits per heavy atom. The van der Waals surface area contributed by atoms with E-state index in [0.717, 1.165) is 22.3 Å². The van der Waals surface area contributed by atoms with E-state index in [-0.39, 0.29) is 0 Å². The highest BCUT2D eigenvalue weighted by Crippen LogP contribution is 2.36. The fourth-order valence-electron chi connectivity index (χ4n) is 2.36. The van der Waals surface area contributed by atoms with Crippen LogP contribution >= 0.6 is 15.9 Å². The number of para-hydroxylation sites is 2. The lowest BCUT2D eigenvalue weighted by Crippen LogP contribution is -2.11. The average Bonchev–Trinajstić information content (AvgIpc) is 2.61. The third-order valence-corrected chi connectivity index (χ3v) is 4.00. The first-order chi connectivity index (χ1) is 12.2. The highest BCUT2D eigenvalue weighted by atomic mass is 79.9. The van der Waals surface area contributed by atoms with Gasteiger partial charge in [0.25, 0.3) is 0 Å². The molecule has 0 aliphatic carbocycles. The van der Waals surface area contributed by atoms with Gasteiger partial charge in [-0.3, -0.25) is 0 Å². The van der Waals surface area contributed by atoms with Gasteiger partial charge in [0.1, 0.15) is 13.2 Å². The first kappa shape index (κ1) is 19.4. The number of benzene rings is 2. The Kier molecular flexibility index (Phi) is 7.88. The summed E-state index contributed by atoms with van der Waals surface area (Å²) in [4.78, 5) is 0. The van der Waals surface area contributed by atoms with Crippen LogP contribution in [0.2, 0.25) is 0 Å². The molecular weight excluding hydrogens is 386 g/mol. The normalized spacial score (nSPS) is 10.4. The topological polar surface area (TPSA) is 49.0 Å². The van der Waals surface area contributed by atoms with E-state index in [1.54, 1.807) is 7.11 Å². The summed E-state index contributed by atoms with van der Waals surface area (Å²) in [6.07, 6.45) is 0. The number of hydrogen-bond donors (Lipinski definition) is 1.